The standard InChI is InChI=1S/C25H26N6O2/c1-29-10-12-30(13-11-29)20-9-5-6-18(14-20)16-26-25(33)21-17-27-31-23(32)15-22(28-24(21)31)19-7-3-2-4-8-19/h2-9,14-15,17,27H,10-13,16H2,1H3,(H,26,33). The van der Waals surface area contributed by atoms with Gasteiger partial charge in [-0.1, -0.05) is 42.5 Å². The first-order chi connectivity index (χ1) is 16.1. The lowest BCUT2D eigenvalue weighted by Gasteiger charge is -2.34. The number of hydrogen-bond acceptors (Lipinski definition) is 5. The summed E-state index contributed by atoms with van der Waals surface area (Å²) >= 11 is 0. The van der Waals surface area contributed by atoms with Gasteiger partial charge >= 0.3 is 0 Å². The van der Waals surface area contributed by atoms with Crippen LogP contribution in [0.2, 0.25) is 0 Å². The molecule has 0 bridgehead atoms. The number of anilines is 1. The predicted octanol–water partition coefficient (Wildman–Crippen LogP) is 2.37. The average Bonchev–Trinajstić information content (AvgIpc) is 3.28. The number of H-pyrrole nitrogens is 1. The number of nitrogens with zero attached hydrogens (tertiary/aromatic N) is 4. The third-order valence-corrected chi connectivity index (χ3v) is 6.04. The molecule has 0 saturated carbocycles. The molecule has 2 aromatic heterocycles. The van der Waals surface area contributed by atoms with Crippen LogP contribution in [0.5, 0.6) is 0 Å². The fourth-order valence-electron chi connectivity index (χ4n) is 4.11. The monoisotopic (exact) mass is 442 g/mol. The number of fused-ring (bicyclic) bond motifs is 1. The van der Waals surface area contributed by atoms with E-state index in [0.717, 1.165) is 37.3 Å². The summed E-state index contributed by atoms with van der Waals surface area (Å²) in [6.45, 7) is 4.45. The van der Waals surface area contributed by atoms with E-state index in [9.17, 15) is 9.59 Å². The molecule has 0 atom stereocenters. The van der Waals surface area contributed by atoms with Gasteiger partial charge in [-0.05, 0) is 24.7 Å². The summed E-state index contributed by atoms with van der Waals surface area (Å²) in [5, 5.41) is 5.81. The maximum absolute atomic E-state index is 13.0. The third-order valence-electron chi connectivity index (χ3n) is 6.04. The minimum Gasteiger partial charge on any atom is -0.369 e. The SMILES string of the molecule is CN1CCN(c2cccc(CNC(=O)c3c[nH]n4c(=O)cc(-c5ccccc5)nc34)c2)CC1. The van der Waals surface area contributed by atoms with Crippen LogP contribution in [0.4, 0.5) is 5.69 Å². The van der Waals surface area contributed by atoms with Crippen LogP contribution in [-0.4, -0.2) is 58.6 Å². The van der Waals surface area contributed by atoms with Crippen LogP contribution in [0, 0.1) is 0 Å². The van der Waals surface area contributed by atoms with Crippen molar-refractivity contribution in [3.8, 4) is 11.3 Å². The van der Waals surface area contributed by atoms with Crippen molar-refractivity contribution in [1.82, 2.24) is 24.8 Å². The van der Waals surface area contributed by atoms with Gasteiger partial charge in [0.25, 0.3) is 11.5 Å². The highest BCUT2D eigenvalue weighted by atomic mass is 16.2. The zero-order valence-corrected chi connectivity index (χ0v) is 18.5. The third kappa shape index (κ3) is 4.38. The number of benzene rings is 2. The number of carbonyl (C=O) groups is 1. The second kappa shape index (κ2) is 8.91. The van der Waals surface area contributed by atoms with E-state index in [0.29, 0.717) is 23.4 Å². The molecule has 5 rings (SSSR count). The molecule has 0 unspecified atom stereocenters. The van der Waals surface area contributed by atoms with Gasteiger partial charge in [-0.15, -0.1) is 0 Å². The molecule has 2 aromatic carbocycles. The Balaban J connectivity index is 1.34. The lowest BCUT2D eigenvalue weighted by Crippen LogP contribution is -2.44. The van der Waals surface area contributed by atoms with E-state index in [1.54, 1.807) is 0 Å². The molecule has 168 valence electrons. The fourth-order valence-corrected chi connectivity index (χ4v) is 4.11. The number of hydrogen-bond donors (Lipinski definition) is 2. The number of piperazine rings is 1. The summed E-state index contributed by atoms with van der Waals surface area (Å²) in [5.74, 6) is -0.282. The summed E-state index contributed by atoms with van der Waals surface area (Å²) < 4.78 is 1.29. The molecule has 0 radical (unpaired) electrons. The van der Waals surface area contributed by atoms with Gasteiger partial charge < -0.3 is 15.1 Å². The number of nitrogens with one attached hydrogen (secondary N) is 2. The molecule has 0 spiro atoms. The Hall–Kier alpha value is -3.91. The van der Waals surface area contributed by atoms with Gasteiger partial charge in [0.15, 0.2) is 5.65 Å². The van der Waals surface area contributed by atoms with E-state index in [2.05, 4.69) is 44.4 Å². The highest BCUT2D eigenvalue weighted by molar-refractivity contribution is 5.99. The molecule has 0 aliphatic carbocycles. The Bertz CT molecular complexity index is 1340. The van der Waals surface area contributed by atoms with Crippen LogP contribution < -0.4 is 15.8 Å². The molecule has 33 heavy (non-hydrogen) atoms. The Morgan fingerprint density at radius 2 is 1.82 bits per heavy atom. The molecule has 8 heteroatoms. The molecule has 2 N–H and O–H groups in total. The van der Waals surface area contributed by atoms with Crippen LogP contribution in [0.15, 0.2) is 71.7 Å². The molecule has 1 amide bonds. The van der Waals surface area contributed by atoms with Crippen molar-refractivity contribution in [3.05, 3.63) is 88.3 Å². The zero-order chi connectivity index (χ0) is 22.8. The molecule has 1 saturated heterocycles. The van der Waals surface area contributed by atoms with Gasteiger partial charge in [0, 0.05) is 56.2 Å². The van der Waals surface area contributed by atoms with Crippen LogP contribution in [0.3, 0.4) is 0 Å². The van der Waals surface area contributed by atoms with Crippen LogP contribution in [0.1, 0.15) is 15.9 Å². The van der Waals surface area contributed by atoms with Crippen LogP contribution >= 0.6 is 0 Å². The summed E-state index contributed by atoms with van der Waals surface area (Å²) in [6, 6.07) is 19.2. The second-order valence-electron chi connectivity index (χ2n) is 8.33. The van der Waals surface area contributed by atoms with Gasteiger partial charge in [0.1, 0.15) is 5.56 Å². The topological polar surface area (TPSA) is 85.7 Å². The molecule has 4 aromatic rings. The second-order valence-corrected chi connectivity index (χ2v) is 8.33. The van der Waals surface area contributed by atoms with Crippen LogP contribution in [0.25, 0.3) is 16.9 Å². The van der Waals surface area contributed by atoms with Crippen molar-refractivity contribution < 1.29 is 4.79 Å². The minimum absolute atomic E-state index is 0.266. The quantitative estimate of drug-likeness (QED) is 0.496. The van der Waals surface area contributed by atoms with Crippen molar-refractivity contribution in [2.24, 2.45) is 0 Å². The van der Waals surface area contributed by atoms with E-state index in [1.807, 2.05) is 42.5 Å². The number of carbonyl (C=O) groups excluding carboxylic acids is 1. The number of aromatic amines is 1. The van der Waals surface area contributed by atoms with Gasteiger partial charge in [-0.3, -0.25) is 14.7 Å². The van der Waals surface area contributed by atoms with Crippen molar-refractivity contribution in [2.75, 3.05) is 38.1 Å². The van der Waals surface area contributed by atoms with E-state index in [1.165, 1.54) is 22.5 Å². The summed E-state index contributed by atoms with van der Waals surface area (Å²) in [7, 11) is 2.14. The summed E-state index contributed by atoms with van der Waals surface area (Å²) in [6.07, 6.45) is 1.52. The van der Waals surface area contributed by atoms with Crippen molar-refractivity contribution >= 4 is 17.2 Å². The molecule has 8 nitrogen and oxygen atoms in total. The largest absolute Gasteiger partial charge is 0.369 e. The first kappa shape index (κ1) is 21.0. The first-order valence-corrected chi connectivity index (χ1v) is 11.1. The molecule has 1 fully saturated rings. The Morgan fingerprint density at radius 1 is 1.03 bits per heavy atom. The number of aromatic nitrogens is 3. The van der Waals surface area contributed by atoms with Gasteiger partial charge in [-0.2, -0.15) is 0 Å². The highest BCUT2D eigenvalue weighted by Gasteiger charge is 2.17. The molecule has 1 aliphatic heterocycles. The molecule has 1 aliphatic rings. The summed E-state index contributed by atoms with van der Waals surface area (Å²) in [4.78, 5) is 34.8. The lowest BCUT2D eigenvalue weighted by molar-refractivity contribution is 0.0952. The van der Waals surface area contributed by atoms with Crippen molar-refractivity contribution in [2.45, 2.75) is 6.54 Å². The predicted molar refractivity (Wildman–Crippen MR) is 129 cm³/mol. The fraction of sp³-hybridized carbons (Fsp3) is 0.240. The van der Waals surface area contributed by atoms with E-state index in [4.69, 9.17) is 0 Å². The van der Waals surface area contributed by atoms with E-state index in [-0.39, 0.29) is 11.5 Å². The molecular weight excluding hydrogens is 416 g/mol. The number of likely N-dealkylation sites (N-methyl/N-ethyl adjacent to an activating group) is 1. The minimum atomic E-state index is -0.282. The van der Waals surface area contributed by atoms with E-state index >= 15 is 0 Å². The highest BCUT2D eigenvalue weighted by Crippen LogP contribution is 2.19. The molecule has 3 heterocycles. The molecular formula is C25H26N6O2. The number of rotatable bonds is 5. The zero-order valence-electron chi connectivity index (χ0n) is 18.5. The van der Waals surface area contributed by atoms with Gasteiger partial charge in [0.2, 0.25) is 0 Å². The Morgan fingerprint density at radius 3 is 2.61 bits per heavy atom. The van der Waals surface area contributed by atoms with Crippen molar-refractivity contribution in [3.63, 3.8) is 0 Å². The number of amides is 1. The maximum Gasteiger partial charge on any atom is 0.273 e. The normalized spacial score (nSPS) is 14.5. The summed E-state index contributed by atoms with van der Waals surface area (Å²) in [5.41, 5.74) is 3.93. The van der Waals surface area contributed by atoms with Gasteiger partial charge in [-0.25, -0.2) is 9.50 Å². The smallest absolute Gasteiger partial charge is 0.273 e. The Labute approximate surface area is 191 Å². The lowest BCUT2D eigenvalue weighted by atomic mass is 10.1. The maximum atomic E-state index is 13.0. The first-order valence-electron chi connectivity index (χ1n) is 11.1. The van der Waals surface area contributed by atoms with Gasteiger partial charge in [0.05, 0.1) is 5.69 Å². The van der Waals surface area contributed by atoms with E-state index < -0.39 is 0 Å². The van der Waals surface area contributed by atoms with Crippen LogP contribution in [-0.2, 0) is 6.54 Å². The Kier molecular flexibility index (Phi) is 5.66. The average molecular weight is 443 g/mol. The van der Waals surface area contributed by atoms with Crippen molar-refractivity contribution in [1.29, 1.82) is 0 Å².